The Kier molecular flexibility index (Phi) is 3.41. The van der Waals surface area contributed by atoms with Crippen molar-refractivity contribution in [3.8, 4) is 5.69 Å². The third-order valence-electron chi connectivity index (χ3n) is 3.11. The summed E-state index contributed by atoms with van der Waals surface area (Å²) >= 11 is 0. The molecular weight excluding hydrogens is 234 g/mol. The number of anilines is 1. The van der Waals surface area contributed by atoms with Gasteiger partial charge in [-0.15, -0.1) is 12.4 Å². The lowest BCUT2D eigenvalue weighted by Gasteiger charge is -2.29. The van der Waals surface area contributed by atoms with E-state index in [1.54, 1.807) is 0 Å². The van der Waals surface area contributed by atoms with E-state index in [1.165, 1.54) is 16.9 Å². The number of benzene rings is 1. The number of para-hydroxylation sites is 1. The third-order valence-corrected chi connectivity index (χ3v) is 3.11. The van der Waals surface area contributed by atoms with E-state index in [4.69, 9.17) is 5.84 Å². The molecule has 2 heterocycles. The summed E-state index contributed by atoms with van der Waals surface area (Å²) < 4.78 is 2.12. The molecule has 0 atom stereocenters. The molecule has 3 rings (SSSR count). The average molecular weight is 250 g/mol. The summed E-state index contributed by atoms with van der Waals surface area (Å²) in [5.41, 5.74) is 3.69. The van der Waals surface area contributed by atoms with Gasteiger partial charge in [0.05, 0.1) is 11.4 Å². The van der Waals surface area contributed by atoms with Crippen LogP contribution in [0.2, 0.25) is 0 Å². The van der Waals surface area contributed by atoms with Crippen LogP contribution in [0.15, 0.2) is 42.7 Å². The Hall–Kier alpha value is -1.45. The molecule has 4 heteroatoms. The fraction of sp³-hybridized carbons (Fsp3) is 0.231. The second kappa shape index (κ2) is 4.82. The van der Waals surface area contributed by atoms with Crippen LogP contribution in [0.1, 0.15) is 12.0 Å². The average Bonchev–Trinajstić information content (AvgIpc) is 2.82. The number of nitrogens with two attached hydrogens (primary N) is 1. The summed E-state index contributed by atoms with van der Waals surface area (Å²) in [6, 6.07) is 10.4. The van der Waals surface area contributed by atoms with E-state index in [0.29, 0.717) is 0 Å². The Labute approximate surface area is 107 Å². The van der Waals surface area contributed by atoms with Crippen molar-refractivity contribution in [2.24, 2.45) is 5.84 Å². The molecule has 0 amide bonds. The van der Waals surface area contributed by atoms with E-state index in [2.05, 4.69) is 35.2 Å². The van der Waals surface area contributed by atoms with Crippen LogP contribution in [0.5, 0.6) is 0 Å². The zero-order valence-electron chi connectivity index (χ0n) is 9.54. The quantitative estimate of drug-likeness (QED) is 0.788. The van der Waals surface area contributed by atoms with Gasteiger partial charge in [-0.25, -0.2) is 5.84 Å². The maximum absolute atomic E-state index is 6.07. The number of nitrogens with zero attached hydrogens (tertiary/aromatic N) is 2. The maximum atomic E-state index is 6.07. The molecule has 2 N–H and O–H groups in total. The molecule has 3 nitrogen and oxygen atoms in total. The van der Waals surface area contributed by atoms with Gasteiger partial charge in [0.1, 0.15) is 0 Å². The third kappa shape index (κ3) is 2.04. The highest BCUT2D eigenvalue weighted by molar-refractivity contribution is 5.85. The van der Waals surface area contributed by atoms with Crippen molar-refractivity contribution in [1.82, 2.24) is 4.57 Å². The van der Waals surface area contributed by atoms with Gasteiger partial charge < -0.3 is 9.58 Å². The Morgan fingerprint density at radius 3 is 2.59 bits per heavy atom. The fourth-order valence-corrected chi connectivity index (χ4v) is 2.37. The molecule has 1 aliphatic rings. The first kappa shape index (κ1) is 12.0. The van der Waals surface area contributed by atoms with Gasteiger partial charge in [0.2, 0.25) is 0 Å². The van der Waals surface area contributed by atoms with Gasteiger partial charge >= 0.3 is 0 Å². The fourth-order valence-electron chi connectivity index (χ4n) is 2.37. The lowest BCUT2D eigenvalue weighted by Crippen LogP contribution is -2.36. The topological polar surface area (TPSA) is 34.2 Å². The first-order valence-corrected chi connectivity index (χ1v) is 5.64. The SMILES string of the molecule is Cl.NN1CCCc2cccc(-n3cccc3)c21. The lowest BCUT2D eigenvalue weighted by atomic mass is 10.0. The van der Waals surface area contributed by atoms with Crippen molar-refractivity contribution < 1.29 is 0 Å². The molecule has 0 unspecified atom stereocenters. The summed E-state index contributed by atoms with van der Waals surface area (Å²) in [7, 11) is 0. The Bertz CT molecular complexity index is 493. The molecule has 0 spiro atoms. The second-order valence-corrected chi connectivity index (χ2v) is 4.17. The van der Waals surface area contributed by atoms with Crippen LogP contribution in [-0.2, 0) is 6.42 Å². The van der Waals surface area contributed by atoms with Crippen molar-refractivity contribution in [3.05, 3.63) is 48.3 Å². The summed E-state index contributed by atoms with van der Waals surface area (Å²) in [5, 5.41) is 1.87. The highest BCUT2D eigenvalue weighted by atomic mass is 35.5. The standard InChI is InChI=1S/C13H15N3.ClH/c14-16-10-4-6-11-5-3-7-12(13(11)16)15-8-1-2-9-15;/h1-3,5,7-9H,4,6,10,14H2;1H. The van der Waals surface area contributed by atoms with Gasteiger partial charge in [0.25, 0.3) is 0 Å². The zero-order valence-corrected chi connectivity index (χ0v) is 10.4. The molecule has 90 valence electrons. The van der Waals surface area contributed by atoms with Gasteiger partial charge in [-0.1, -0.05) is 12.1 Å². The lowest BCUT2D eigenvalue weighted by molar-refractivity contribution is 0.710. The largest absolute Gasteiger partial charge is 0.322 e. The van der Waals surface area contributed by atoms with Crippen LogP contribution in [-0.4, -0.2) is 11.1 Å². The smallest absolute Gasteiger partial charge is 0.0789 e. The summed E-state index contributed by atoms with van der Waals surface area (Å²) in [6.45, 7) is 0.936. The minimum Gasteiger partial charge on any atom is -0.322 e. The number of hydrazine groups is 1. The molecular formula is C13H16ClN3. The normalized spacial score (nSPS) is 14.1. The maximum Gasteiger partial charge on any atom is 0.0789 e. The van der Waals surface area contributed by atoms with E-state index in [0.717, 1.165) is 19.4 Å². The molecule has 0 radical (unpaired) electrons. The highest BCUT2D eigenvalue weighted by Gasteiger charge is 2.18. The van der Waals surface area contributed by atoms with Gasteiger partial charge in [-0.2, -0.15) is 0 Å². The summed E-state index contributed by atoms with van der Waals surface area (Å²) in [6.07, 6.45) is 6.37. The first-order chi connectivity index (χ1) is 7.86. The summed E-state index contributed by atoms with van der Waals surface area (Å²) in [4.78, 5) is 0. The Morgan fingerprint density at radius 1 is 1.06 bits per heavy atom. The highest BCUT2D eigenvalue weighted by Crippen LogP contribution is 2.31. The molecule has 0 bridgehead atoms. The van der Waals surface area contributed by atoms with E-state index in [-0.39, 0.29) is 12.4 Å². The number of hydrogen-bond acceptors (Lipinski definition) is 2. The van der Waals surface area contributed by atoms with Crippen LogP contribution in [0.3, 0.4) is 0 Å². The van der Waals surface area contributed by atoms with Crippen molar-refractivity contribution in [3.63, 3.8) is 0 Å². The van der Waals surface area contributed by atoms with E-state index in [1.807, 2.05) is 17.1 Å². The second-order valence-electron chi connectivity index (χ2n) is 4.17. The molecule has 1 aromatic carbocycles. The molecule has 0 aliphatic carbocycles. The summed E-state index contributed by atoms with van der Waals surface area (Å²) in [5.74, 6) is 6.07. The van der Waals surface area contributed by atoms with Crippen molar-refractivity contribution >= 4 is 18.1 Å². The van der Waals surface area contributed by atoms with E-state index >= 15 is 0 Å². The molecule has 0 saturated heterocycles. The number of aryl methyl sites for hydroxylation is 1. The zero-order chi connectivity index (χ0) is 11.0. The number of halogens is 1. The van der Waals surface area contributed by atoms with Crippen molar-refractivity contribution in [1.29, 1.82) is 0 Å². The molecule has 1 aromatic heterocycles. The van der Waals surface area contributed by atoms with Gasteiger partial charge in [0.15, 0.2) is 0 Å². The first-order valence-electron chi connectivity index (χ1n) is 5.64. The Balaban J connectivity index is 0.00000108. The predicted octanol–water partition coefficient (Wildman–Crippen LogP) is 2.53. The predicted molar refractivity (Wildman–Crippen MR) is 72.9 cm³/mol. The number of aromatic nitrogens is 1. The number of fused-ring (bicyclic) bond motifs is 1. The van der Waals surface area contributed by atoms with Crippen LogP contribution in [0, 0.1) is 0 Å². The Morgan fingerprint density at radius 2 is 1.82 bits per heavy atom. The molecule has 0 fully saturated rings. The molecule has 0 saturated carbocycles. The monoisotopic (exact) mass is 249 g/mol. The van der Waals surface area contributed by atoms with Crippen LogP contribution in [0.25, 0.3) is 5.69 Å². The number of hydrogen-bond donors (Lipinski definition) is 1. The van der Waals surface area contributed by atoms with Gasteiger partial charge in [0, 0.05) is 18.9 Å². The van der Waals surface area contributed by atoms with Crippen LogP contribution < -0.4 is 10.9 Å². The molecule has 2 aromatic rings. The minimum absolute atomic E-state index is 0. The number of rotatable bonds is 1. The van der Waals surface area contributed by atoms with Crippen LogP contribution >= 0.6 is 12.4 Å². The van der Waals surface area contributed by atoms with Gasteiger partial charge in [-0.3, -0.25) is 0 Å². The van der Waals surface area contributed by atoms with E-state index < -0.39 is 0 Å². The van der Waals surface area contributed by atoms with Crippen LogP contribution in [0.4, 0.5) is 5.69 Å². The van der Waals surface area contributed by atoms with Crippen molar-refractivity contribution in [2.75, 3.05) is 11.6 Å². The van der Waals surface area contributed by atoms with Gasteiger partial charge in [-0.05, 0) is 36.6 Å². The van der Waals surface area contributed by atoms with E-state index in [9.17, 15) is 0 Å². The van der Waals surface area contributed by atoms with Crippen molar-refractivity contribution in [2.45, 2.75) is 12.8 Å². The molecule has 1 aliphatic heterocycles. The minimum atomic E-state index is 0. The molecule has 17 heavy (non-hydrogen) atoms.